The average Bonchev–Trinajstić information content (AvgIpc) is 2.98. The van der Waals surface area contributed by atoms with Crippen molar-refractivity contribution in [1.29, 1.82) is 0 Å². The van der Waals surface area contributed by atoms with Crippen LogP contribution in [0.15, 0.2) is 27.8 Å². The second-order valence-electron chi connectivity index (χ2n) is 5.17. The third-order valence-corrected chi connectivity index (χ3v) is 3.23. The summed E-state index contributed by atoms with van der Waals surface area (Å²) in [4.78, 5) is 6.94. The molecule has 1 heterocycles. The van der Waals surface area contributed by atoms with E-state index in [4.69, 9.17) is 4.42 Å². The van der Waals surface area contributed by atoms with Crippen molar-refractivity contribution in [1.82, 2.24) is 15.5 Å². The molecule has 2 N–H and O–H groups in total. The van der Waals surface area contributed by atoms with Crippen LogP contribution in [0.5, 0.6) is 0 Å². The number of furan rings is 1. The lowest BCUT2D eigenvalue weighted by Gasteiger charge is -2.15. The monoisotopic (exact) mass is 422 g/mol. The fourth-order valence-electron chi connectivity index (χ4n) is 1.97. The van der Waals surface area contributed by atoms with Gasteiger partial charge in [-0.2, -0.15) is 0 Å². The Kier molecular flexibility index (Phi) is 13.4. The van der Waals surface area contributed by atoms with Crippen LogP contribution in [0.25, 0.3) is 0 Å². The molecular formula is C16H31IN4O. The molecule has 0 aliphatic rings. The van der Waals surface area contributed by atoms with Crippen molar-refractivity contribution in [3.63, 3.8) is 0 Å². The Morgan fingerprint density at radius 2 is 2.09 bits per heavy atom. The Hall–Kier alpha value is -0.760. The van der Waals surface area contributed by atoms with E-state index in [9.17, 15) is 0 Å². The minimum Gasteiger partial charge on any atom is -0.469 e. The maximum Gasteiger partial charge on any atom is 0.191 e. The zero-order chi connectivity index (χ0) is 15.3. The Labute approximate surface area is 152 Å². The highest BCUT2D eigenvalue weighted by atomic mass is 127. The predicted octanol–water partition coefficient (Wildman–Crippen LogP) is 2.73. The number of halogens is 1. The minimum absolute atomic E-state index is 0. The third kappa shape index (κ3) is 10.0. The highest BCUT2D eigenvalue weighted by Gasteiger charge is 2.00. The summed E-state index contributed by atoms with van der Waals surface area (Å²) >= 11 is 0. The number of guanidine groups is 1. The first-order chi connectivity index (χ1) is 10.3. The fourth-order valence-corrected chi connectivity index (χ4v) is 1.97. The molecule has 0 spiro atoms. The van der Waals surface area contributed by atoms with E-state index in [-0.39, 0.29) is 24.0 Å². The van der Waals surface area contributed by atoms with E-state index in [1.165, 1.54) is 12.8 Å². The van der Waals surface area contributed by atoms with Crippen LogP contribution in [0.4, 0.5) is 0 Å². The van der Waals surface area contributed by atoms with Gasteiger partial charge in [0.05, 0.1) is 12.8 Å². The smallest absolute Gasteiger partial charge is 0.191 e. The summed E-state index contributed by atoms with van der Waals surface area (Å²) in [5.41, 5.74) is 0. The number of nitrogens with zero attached hydrogens (tertiary/aromatic N) is 2. The SMILES string of the molecule is CCCCN(C)CCN=C(NCC)NCCc1ccco1.I. The van der Waals surface area contributed by atoms with Gasteiger partial charge in [0.25, 0.3) is 0 Å². The van der Waals surface area contributed by atoms with Crippen molar-refractivity contribution in [2.75, 3.05) is 39.8 Å². The number of nitrogens with one attached hydrogen (secondary N) is 2. The summed E-state index contributed by atoms with van der Waals surface area (Å²) in [5.74, 6) is 1.88. The number of hydrogen-bond acceptors (Lipinski definition) is 3. The Morgan fingerprint density at radius 3 is 2.73 bits per heavy atom. The van der Waals surface area contributed by atoms with Gasteiger partial charge in [0.1, 0.15) is 5.76 Å². The van der Waals surface area contributed by atoms with Crippen molar-refractivity contribution >= 4 is 29.9 Å². The summed E-state index contributed by atoms with van der Waals surface area (Å²) in [7, 11) is 2.16. The lowest BCUT2D eigenvalue weighted by Crippen LogP contribution is -2.39. The quantitative estimate of drug-likeness (QED) is 0.346. The highest BCUT2D eigenvalue weighted by molar-refractivity contribution is 14.0. The Balaban J connectivity index is 0.00000441. The molecule has 0 aliphatic heterocycles. The molecule has 0 unspecified atom stereocenters. The van der Waals surface area contributed by atoms with E-state index in [0.717, 1.165) is 50.9 Å². The molecule has 0 fully saturated rings. The second-order valence-corrected chi connectivity index (χ2v) is 5.17. The third-order valence-electron chi connectivity index (χ3n) is 3.23. The minimum atomic E-state index is 0. The zero-order valence-corrected chi connectivity index (χ0v) is 16.4. The molecule has 0 saturated heterocycles. The van der Waals surface area contributed by atoms with Crippen LogP contribution in [0.1, 0.15) is 32.4 Å². The first-order valence-electron chi connectivity index (χ1n) is 7.99. The standard InChI is InChI=1S/C16H30N4O.HI/c1-4-6-12-20(3)13-11-19-16(17-5-2)18-10-9-15-8-7-14-21-15;/h7-8,14H,4-6,9-13H2,1-3H3,(H2,17,18,19);1H. The van der Waals surface area contributed by atoms with Crippen molar-refractivity contribution in [3.8, 4) is 0 Å². The van der Waals surface area contributed by atoms with Crippen LogP contribution in [0.3, 0.4) is 0 Å². The summed E-state index contributed by atoms with van der Waals surface area (Å²) < 4.78 is 5.32. The lowest BCUT2D eigenvalue weighted by molar-refractivity contribution is 0.337. The first-order valence-corrected chi connectivity index (χ1v) is 7.99. The van der Waals surface area contributed by atoms with Gasteiger partial charge in [-0.05, 0) is 39.1 Å². The van der Waals surface area contributed by atoms with Gasteiger partial charge in [-0.15, -0.1) is 24.0 Å². The fraction of sp³-hybridized carbons (Fsp3) is 0.688. The maximum atomic E-state index is 5.32. The molecule has 0 bridgehead atoms. The molecule has 0 saturated carbocycles. The normalized spacial score (nSPS) is 11.4. The molecule has 22 heavy (non-hydrogen) atoms. The van der Waals surface area contributed by atoms with E-state index in [0.29, 0.717) is 0 Å². The molecule has 0 aliphatic carbocycles. The van der Waals surface area contributed by atoms with E-state index in [1.807, 2.05) is 12.1 Å². The van der Waals surface area contributed by atoms with Crippen LogP contribution < -0.4 is 10.6 Å². The van der Waals surface area contributed by atoms with Crippen LogP contribution >= 0.6 is 24.0 Å². The van der Waals surface area contributed by atoms with E-state index < -0.39 is 0 Å². The van der Waals surface area contributed by atoms with Gasteiger partial charge < -0.3 is 20.0 Å². The molecule has 0 atom stereocenters. The molecule has 1 aromatic rings. The number of rotatable bonds is 10. The molecule has 128 valence electrons. The highest BCUT2D eigenvalue weighted by Crippen LogP contribution is 1.99. The lowest BCUT2D eigenvalue weighted by atomic mass is 10.3. The molecule has 0 amide bonds. The first kappa shape index (κ1) is 21.2. The zero-order valence-electron chi connectivity index (χ0n) is 14.1. The number of likely N-dealkylation sites (N-methyl/N-ethyl adjacent to an activating group) is 1. The average molecular weight is 422 g/mol. The molecule has 1 aromatic heterocycles. The Bertz CT molecular complexity index is 382. The maximum absolute atomic E-state index is 5.32. The van der Waals surface area contributed by atoms with Crippen LogP contribution in [0, 0.1) is 0 Å². The molecule has 1 rings (SSSR count). The molecule has 0 radical (unpaired) electrons. The largest absolute Gasteiger partial charge is 0.469 e. The summed E-state index contributed by atoms with van der Waals surface area (Å²) in [6.45, 7) is 8.96. The van der Waals surface area contributed by atoms with E-state index in [1.54, 1.807) is 6.26 Å². The van der Waals surface area contributed by atoms with Crippen LogP contribution in [-0.4, -0.2) is 50.6 Å². The summed E-state index contributed by atoms with van der Waals surface area (Å²) in [6.07, 6.45) is 5.07. The van der Waals surface area contributed by atoms with Crippen LogP contribution in [-0.2, 0) is 6.42 Å². The molecule has 6 heteroatoms. The van der Waals surface area contributed by atoms with Crippen molar-refractivity contribution in [2.24, 2.45) is 4.99 Å². The van der Waals surface area contributed by atoms with E-state index >= 15 is 0 Å². The van der Waals surface area contributed by atoms with Crippen molar-refractivity contribution in [2.45, 2.75) is 33.1 Å². The molecule has 5 nitrogen and oxygen atoms in total. The summed E-state index contributed by atoms with van der Waals surface area (Å²) in [5, 5.41) is 6.61. The van der Waals surface area contributed by atoms with Gasteiger partial charge in [0.2, 0.25) is 0 Å². The van der Waals surface area contributed by atoms with Crippen molar-refractivity contribution in [3.05, 3.63) is 24.2 Å². The predicted molar refractivity (Wildman–Crippen MR) is 104 cm³/mol. The van der Waals surface area contributed by atoms with Gasteiger partial charge in [-0.3, -0.25) is 4.99 Å². The number of hydrogen-bond donors (Lipinski definition) is 2. The second kappa shape index (κ2) is 13.9. The number of aliphatic imine (C=N–C) groups is 1. The van der Waals surface area contributed by atoms with Gasteiger partial charge in [-0.1, -0.05) is 13.3 Å². The molecule has 0 aromatic carbocycles. The van der Waals surface area contributed by atoms with Gasteiger partial charge >= 0.3 is 0 Å². The topological polar surface area (TPSA) is 52.8 Å². The van der Waals surface area contributed by atoms with Gasteiger partial charge in [-0.25, -0.2) is 0 Å². The van der Waals surface area contributed by atoms with Gasteiger partial charge in [0.15, 0.2) is 5.96 Å². The summed E-state index contributed by atoms with van der Waals surface area (Å²) in [6, 6.07) is 3.91. The Morgan fingerprint density at radius 1 is 1.27 bits per heavy atom. The van der Waals surface area contributed by atoms with Crippen molar-refractivity contribution < 1.29 is 4.42 Å². The van der Waals surface area contributed by atoms with Crippen LogP contribution in [0.2, 0.25) is 0 Å². The molecular weight excluding hydrogens is 391 g/mol. The van der Waals surface area contributed by atoms with E-state index in [2.05, 4.69) is 41.4 Å². The number of unbranched alkanes of at least 4 members (excludes halogenated alkanes) is 1. The van der Waals surface area contributed by atoms with Gasteiger partial charge in [0, 0.05) is 26.1 Å².